The number of alkyl halides is 3. The molecule has 1 aliphatic heterocycles. The van der Waals surface area contributed by atoms with E-state index >= 15 is 13.2 Å². The summed E-state index contributed by atoms with van der Waals surface area (Å²) in [5, 5.41) is 32.5. The van der Waals surface area contributed by atoms with Gasteiger partial charge in [-0.05, 0) is 73.8 Å². The molecule has 0 bridgehead atoms. The predicted molar refractivity (Wildman–Crippen MR) is 158 cm³/mol. The lowest BCUT2D eigenvalue weighted by atomic mass is 9.73. The van der Waals surface area contributed by atoms with E-state index in [9.17, 15) is 15.8 Å². The van der Waals surface area contributed by atoms with Crippen molar-refractivity contribution in [3.05, 3.63) is 117 Å². The Bertz CT molecular complexity index is 1630. The molecule has 43 heavy (non-hydrogen) atoms. The van der Waals surface area contributed by atoms with Gasteiger partial charge in [0.15, 0.2) is 11.3 Å². The van der Waals surface area contributed by atoms with Crippen LogP contribution in [0.5, 0.6) is 0 Å². The van der Waals surface area contributed by atoms with Crippen molar-refractivity contribution in [3.8, 4) is 18.2 Å². The summed E-state index contributed by atoms with van der Waals surface area (Å²) in [5.41, 5.74) is -0.598. The minimum absolute atomic E-state index is 0.246. The molecule has 0 amide bonds. The van der Waals surface area contributed by atoms with Gasteiger partial charge in [-0.1, -0.05) is 68.0 Å². The first-order valence-electron chi connectivity index (χ1n) is 14.1. The van der Waals surface area contributed by atoms with Crippen molar-refractivity contribution in [2.45, 2.75) is 65.2 Å². The number of halogens is 3. The Morgan fingerprint density at radius 2 is 1.67 bits per heavy atom. The molecule has 0 radical (unpaired) electrons. The van der Waals surface area contributed by atoms with Crippen LogP contribution in [0, 0.1) is 46.3 Å². The smallest absolute Gasteiger partial charge is 0.437 e. The van der Waals surface area contributed by atoms with Crippen LogP contribution in [0.3, 0.4) is 0 Å². The van der Waals surface area contributed by atoms with Crippen LogP contribution >= 0.6 is 0 Å². The molecular weight excluding hydrogens is 549 g/mol. The SMILES string of the molecule is CCNC1=CC=C(/C=C/C2=CC(=C/C3=C(C#N)C(=C(C#N)C#N)OC3(c3ccc(C)cc3)C(F)(F)F)/CC(C)(C)C2)CC1. The third-order valence-electron chi connectivity index (χ3n) is 7.71. The van der Waals surface area contributed by atoms with Crippen LogP contribution in [0.15, 0.2) is 106 Å². The summed E-state index contributed by atoms with van der Waals surface area (Å²) in [6, 6.07) is 10.7. The number of ether oxygens (including phenoxy) is 1. The van der Waals surface area contributed by atoms with E-state index in [1.54, 1.807) is 19.1 Å². The van der Waals surface area contributed by atoms with Gasteiger partial charge in [0.05, 0.1) is 0 Å². The Balaban J connectivity index is 1.90. The van der Waals surface area contributed by atoms with Crippen LogP contribution < -0.4 is 5.32 Å². The van der Waals surface area contributed by atoms with Gasteiger partial charge in [0, 0.05) is 23.4 Å². The van der Waals surface area contributed by atoms with Gasteiger partial charge in [-0.25, -0.2) is 0 Å². The lowest BCUT2D eigenvalue weighted by Crippen LogP contribution is -2.44. The second-order valence-electron chi connectivity index (χ2n) is 11.7. The summed E-state index contributed by atoms with van der Waals surface area (Å²) in [7, 11) is 0. The van der Waals surface area contributed by atoms with Crippen molar-refractivity contribution in [1.82, 2.24) is 5.32 Å². The Morgan fingerprint density at radius 1 is 1.00 bits per heavy atom. The van der Waals surface area contributed by atoms with Crippen LogP contribution in [0.4, 0.5) is 13.2 Å². The fourth-order valence-electron chi connectivity index (χ4n) is 5.80. The molecule has 220 valence electrons. The summed E-state index contributed by atoms with van der Waals surface area (Å²) in [4.78, 5) is 0. The first-order chi connectivity index (χ1) is 20.4. The summed E-state index contributed by atoms with van der Waals surface area (Å²) in [5.74, 6) is -0.661. The van der Waals surface area contributed by atoms with Crippen LogP contribution in [0.1, 0.15) is 57.6 Å². The monoisotopic (exact) mass is 582 g/mol. The molecule has 0 aromatic heterocycles. The molecule has 0 fully saturated rings. The number of benzene rings is 1. The lowest BCUT2D eigenvalue weighted by molar-refractivity contribution is -0.249. The van der Waals surface area contributed by atoms with E-state index in [0.717, 1.165) is 36.1 Å². The third-order valence-corrected chi connectivity index (χ3v) is 7.71. The molecule has 1 unspecified atom stereocenters. The van der Waals surface area contributed by atoms with Gasteiger partial charge in [0.1, 0.15) is 23.8 Å². The molecule has 4 rings (SSSR count). The zero-order chi connectivity index (χ0) is 31.4. The van der Waals surface area contributed by atoms with Gasteiger partial charge in [-0.15, -0.1) is 0 Å². The van der Waals surface area contributed by atoms with Crippen LogP contribution in [0.2, 0.25) is 0 Å². The molecule has 2 aliphatic carbocycles. The van der Waals surface area contributed by atoms with E-state index in [2.05, 4.69) is 24.4 Å². The highest BCUT2D eigenvalue weighted by molar-refractivity contribution is 5.64. The Morgan fingerprint density at radius 3 is 2.23 bits per heavy atom. The van der Waals surface area contributed by atoms with Crippen molar-refractivity contribution in [1.29, 1.82) is 15.8 Å². The standard InChI is InChI=1S/C35H33F3N4O/c1-5-42-29-14-10-24(11-15-29)8-9-25-16-26(19-33(3,4)18-25)17-31-30(22-41)32(27(20-39)21-40)43-34(31,35(36,37)38)28-12-6-23(2)7-13-28/h6-10,12-14,16-17,42H,5,11,15,18-19H2,1-4H3/b9-8+,26-17-. The van der Waals surface area contributed by atoms with Gasteiger partial charge in [-0.2, -0.15) is 29.0 Å². The highest BCUT2D eigenvalue weighted by atomic mass is 19.4. The average Bonchev–Trinajstić information content (AvgIpc) is 3.28. The first kappa shape index (κ1) is 31.2. The maximum absolute atomic E-state index is 15.3. The summed E-state index contributed by atoms with van der Waals surface area (Å²) >= 11 is 0. The minimum Gasteiger partial charge on any atom is -0.465 e. The summed E-state index contributed by atoms with van der Waals surface area (Å²) < 4.78 is 51.4. The molecule has 5 nitrogen and oxygen atoms in total. The lowest BCUT2D eigenvalue weighted by Gasteiger charge is -2.35. The van der Waals surface area contributed by atoms with E-state index in [4.69, 9.17) is 4.74 Å². The highest BCUT2D eigenvalue weighted by Gasteiger charge is 2.65. The van der Waals surface area contributed by atoms with E-state index in [-0.39, 0.29) is 11.0 Å². The van der Waals surface area contributed by atoms with Gasteiger partial charge < -0.3 is 10.1 Å². The van der Waals surface area contributed by atoms with E-state index in [1.165, 1.54) is 36.0 Å². The predicted octanol–water partition coefficient (Wildman–Crippen LogP) is 8.35. The Kier molecular flexibility index (Phi) is 8.88. The quantitative estimate of drug-likeness (QED) is 0.340. The van der Waals surface area contributed by atoms with Gasteiger partial charge in [0.2, 0.25) is 0 Å². The molecule has 1 aromatic rings. The van der Waals surface area contributed by atoms with E-state index < -0.39 is 34.3 Å². The minimum atomic E-state index is -5.03. The number of nitrogens with zero attached hydrogens (tertiary/aromatic N) is 3. The molecule has 1 atom stereocenters. The Hall–Kier alpha value is -4.74. The number of allylic oxidation sites excluding steroid dienone is 11. The molecule has 0 spiro atoms. The molecule has 1 heterocycles. The normalized spacial score (nSPS) is 22.7. The number of hydrogen-bond acceptors (Lipinski definition) is 5. The number of rotatable bonds is 6. The molecule has 3 aliphatic rings. The van der Waals surface area contributed by atoms with Crippen LogP contribution in [-0.2, 0) is 10.3 Å². The number of nitrogens with one attached hydrogen (secondary N) is 1. The highest BCUT2D eigenvalue weighted by Crippen LogP contribution is 2.56. The van der Waals surface area contributed by atoms with Crippen molar-refractivity contribution >= 4 is 0 Å². The largest absolute Gasteiger partial charge is 0.465 e. The topological polar surface area (TPSA) is 92.6 Å². The molecular formula is C35H33F3N4O. The average molecular weight is 583 g/mol. The van der Waals surface area contributed by atoms with Gasteiger partial charge in [-0.3, -0.25) is 0 Å². The number of aryl methyl sites for hydroxylation is 1. The number of hydrogen-bond donors (Lipinski definition) is 1. The molecule has 8 heteroatoms. The number of nitriles is 3. The second kappa shape index (κ2) is 12.2. The fourth-order valence-corrected chi connectivity index (χ4v) is 5.80. The van der Waals surface area contributed by atoms with Crippen LogP contribution in [-0.4, -0.2) is 12.7 Å². The zero-order valence-corrected chi connectivity index (χ0v) is 24.7. The van der Waals surface area contributed by atoms with E-state index in [1.807, 2.05) is 38.1 Å². The molecule has 1 aromatic carbocycles. The Labute approximate surface area is 251 Å². The van der Waals surface area contributed by atoms with Gasteiger partial charge >= 0.3 is 6.18 Å². The van der Waals surface area contributed by atoms with Gasteiger partial charge in [0.25, 0.3) is 5.60 Å². The van der Waals surface area contributed by atoms with Crippen molar-refractivity contribution in [2.24, 2.45) is 5.41 Å². The van der Waals surface area contributed by atoms with Crippen molar-refractivity contribution < 1.29 is 17.9 Å². The first-order valence-corrected chi connectivity index (χ1v) is 14.1. The zero-order valence-electron chi connectivity index (χ0n) is 24.7. The van der Waals surface area contributed by atoms with Crippen molar-refractivity contribution in [3.63, 3.8) is 0 Å². The fraction of sp³-hybridized carbons (Fsp3) is 0.343. The third kappa shape index (κ3) is 6.37. The summed E-state index contributed by atoms with van der Waals surface area (Å²) in [6.45, 7) is 8.76. The maximum atomic E-state index is 15.3. The van der Waals surface area contributed by atoms with Crippen LogP contribution in [0.25, 0.3) is 0 Å². The maximum Gasteiger partial charge on any atom is 0.437 e. The molecule has 0 saturated carbocycles. The molecule has 1 N–H and O–H groups in total. The van der Waals surface area contributed by atoms with Crippen molar-refractivity contribution in [2.75, 3.05) is 6.54 Å². The van der Waals surface area contributed by atoms with E-state index in [0.29, 0.717) is 18.4 Å². The molecule has 0 saturated heterocycles. The second-order valence-corrected chi connectivity index (χ2v) is 11.7. The summed E-state index contributed by atoms with van der Waals surface area (Å²) in [6.07, 6.45) is 9.34.